The third-order valence-corrected chi connectivity index (χ3v) is 2.72. The lowest BCUT2D eigenvalue weighted by Crippen LogP contribution is -2.21. The minimum Gasteiger partial charge on any atom is -0.481 e. The van der Waals surface area contributed by atoms with Gasteiger partial charge in [0.15, 0.2) is 0 Å². The van der Waals surface area contributed by atoms with E-state index in [1.165, 1.54) is 0 Å². The Bertz CT molecular complexity index is 365. The van der Waals surface area contributed by atoms with Gasteiger partial charge in [0, 0.05) is 0 Å². The number of benzene rings is 1. The summed E-state index contributed by atoms with van der Waals surface area (Å²) in [5.41, 5.74) is 2.76. The molecule has 2 N–H and O–H groups in total. The summed E-state index contributed by atoms with van der Waals surface area (Å²) in [4.78, 5) is 11.0. The van der Waals surface area contributed by atoms with Crippen LogP contribution in [0.15, 0.2) is 18.2 Å². The van der Waals surface area contributed by atoms with E-state index in [9.17, 15) is 9.90 Å². The van der Waals surface area contributed by atoms with Gasteiger partial charge in [0.05, 0.1) is 12.0 Å². The molecule has 2 atom stereocenters. The predicted octanol–water partition coefficient (Wildman–Crippen LogP) is 2.45. The van der Waals surface area contributed by atoms with Crippen LogP contribution in [0.1, 0.15) is 36.1 Å². The van der Waals surface area contributed by atoms with Gasteiger partial charge in [-0.05, 0) is 25.8 Å². The quantitative estimate of drug-likeness (QED) is 0.822. The molecule has 3 heteroatoms. The van der Waals surface area contributed by atoms with Crippen LogP contribution in [-0.2, 0) is 4.79 Å². The van der Waals surface area contributed by atoms with Crippen molar-refractivity contribution in [2.24, 2.45) is 5.92 Å². The second-order valence-corrected chi connectivity index (χ2v) is 4.22. The maximum atomic E-state index is 11.0. The summed E-state index contributed by atoms with van der Waals surface area (Å²) < 4.78 is 0. The Morgan fingerprint density at radius 3 is 2.12 bits per heavy atom. The van der Waals surface area contributed by atoms with Crippen LogP contribution < -0.4 is 0 Å². The molecule has 0 bridgehead atoms. The summed E-state index contributed by atoms with van der Waals surface area (Å²) >= 11 is 0. The van der Waals surface area contributed by atoms with Crippen molar-refractivity contribution in [3.8, 4) is 0 Å². The normalized spacial score (nSPS) is 14.5. The van der Waals surface area contributed by atoms with Gasteiger partial charge in [-0.3, -0.25) is 4.79 Å². The number of aliphatic hydroxyl groups is 1. The Morgan fingerprint density at radius 1 is 1.25 bits per heavy atom. The molecule has 0 fully saturated rings. The van der Waals surface area contributed by atoms with Crippen molar-refractivity contribution in [3.63, 3.8) is 0 Å². The highest BCUT2D eigenvalue weighted by atomic mass is 16.4. The van der Waals surface area contributed by atoms with Crippen LogP contribution in [0.4, 0.5) is 0 Å². The molecule has 0 saturated carbocycles. The molecule has 0 radical (unpaired) electrons. The first-order valence-electron chi connectivity index (χ1n) is 5.44. The number of aliphatic carboxylic acids is 1. The summed E-state index contributed by atoms with van der Waals surface area (Å²) in [5.74, 6) is -1.68. The molecule has 1 aromatic carbocycles. The van der Waals surface area contributed by atoms with Crippen LogP contribution in [-0.4, -0.2) is 16.2 Å². The average Bonchev–Trinajstić information content (AvgIpc) is 2.16. The van der Waals surface area contributed by atoms with Crippen LogP contribution in [0, 0.1) is 19.8 Å². The Balaban J connectivity index is 3.02. The van der Waals surface area contributed by atoms with Gasteiger partial charge >= 0.3 is 5.97 Å². The molecule has 0 aliphatic carbocycles. The van der Waals surface area contributed by atoms with Crippen molar-refractivity contribution >= 4 is 5.97 Å². The lowest BCUT2D eigenvalue weighted by atomic mass is 9.92. The van der Waals surface area contributed by atoms with E-state index in [2.05, 4.69) is 0 Å². The molecule has 0 saturated heterocycles. The number of aryl methyl sites for hydroxylation is 2. The first kappa shape index (κ1) is 12.7. The van der Waals surface area contributed by atoms with Crippen LogP contribution in [0.25, 0.3) is 0 Å². The zero-order chi connectivity index (χ0) is 12.3. The Labute approximate surface area is 95.7 Å². The number of hydrogen-bond acceptors (Lipinski definition) is 2. The van der Waals surface area contributed by atoms with E-state index < -0.39 is 18.0 Å². The monoisotopic (exact) mass is 222 g/mol. The number of aliphatic hydroxyl groups excluding tert-OH is 1. The molecule has 3 nitrogen and oxygen atoms in total. The standard InChI is InChI=1S/C13H18O3/c1-4-11(13(15)16)12(14)10-6-8(2)5-9(3)7-10/h5-7,11-12,14H,4H2,1-3H3,(H,15,16). The third kappa shape index (κ3) is 2.83. The van der Waals surface area contributed by atoms with Crippen LogP contribution in [0.2, 0.25) is 0 Å². The number of hydrogen-bond donors (Lipinski definition) is 2. The van der Waals surface area contributed by atoms with Crippen LogP contribution >= 0.6 is 0 Å². The number of carboxylic acid groups (broad SMARTS) is 1. The van der Waals surface area contributed by atoms with Gasteiger partial charge in [0.1, 0.15) is 0 Å². The summed E-state index contributed by atoms with van der Waals surface area (Å²) in [6.07, 6.45) is -0.509. The highest BCUT2D eigenvalue weighted by molar-refractivity contribution is 5.71. The Hall–Kier alpha value is -1.35. The van der Waals surface area contributed by atoms with Crippen molar-refractivity contribution in [2.45, 2.75) is 33.3 Å². The first-order chi connectivity index (χ1) is 7.45. The van der Waals surface area contributed by atoms with Gasteiger partial charge in [-0.2, -0.15) is 0 Å². The molecule has 1 aromatic rings. The lowest BCUT2D eigenvalue weighted by Gasteiger charge is -2.18. The highest BCUT2D eigenvalue weighted by Gasteiger charge is 2.26. The molecule has 1 rings (SSSR count). The molecule has 0 heterocycles. The van der Waals surface area contributed by atoms with E-state index in [0.29, 0.717) is 12.0 Å². The highest BCUT2D eigenvalue weighted by Crippen LogP contribution is 2.26. The molecular weight excluding hydrogens is 204 g/mol. The fourth-order valence-electron chi connectivity index (χ4n) is 1.95. The van der Waals surface area contributed by atoms with Gasteiger partial charge in [-0.1, -0.05) is 36.2 Å². The van der Waals surface area contributed by atoms with Crippen molar-refractivity contribution in [1.82, 2.24) is 0 Å². The summed E-state index contributed by atoms with van der Waals surface area (Å²) in [6, 6.07) is 5.67. The van der Waals surface area contributed by atoms with Crippen molar-refractivity contribution in [2.75, 3.05) is 0 Å². The predicted molar refractivity (Wildman–Crippen MR) is 62.3 cm³/mol. The van der Waals surface area contributed by atoms with E-state index in [-0.39, 0.29) is 0 Å². The number of carbonyl (C=O) groups is 1. The van der Waals surface area contributed by atoms with E-state index in [1.807, 2.05) is 32.0 Å². The zero-order valence-corrected chi connectivity index (χ0v) is 9.90. The van der Waals surface area contributed by atoms with Crippen molar-refractivity contribution in [3.05, 3.63) is 34.9 Å². The molecular formula is C13H18O3. The SMILES string of the molecule is CCC(C(=O)O)C(O)c1cc(C)cc(C)c1. The van der Waals surface area contributed by atoms with E-state index >= 15 is 0 Å². The minimum absolute atomic E-state index is 0.420. The Morgan fingerprint density at radius 2 is 1.75 bits per heavy atom. The second-order valence-electron chi connectivity index (χ2n) is 4.22. The molecule has 0 spiro atoms. The van der Waals surface area contributed by atoms with E-state index in [0.717, 1.165) is 11.1 Å². The Kier molecular flexibility index (Phi) is 4.07. The molecule has 2 unspecified atom stereocenters. The van der Waals surface area contributed by atoms with Gasteiger partial charge in [-0.25, -0.2) is 0 Å². The van der Waals surface area contributed by atoms with E-state index in [4.69, 9.17) is 5.11 Å². The van der Waals surface area contributed by atoms with Gasteiger partial charge < -0.3 is 10.2 Å². The fourth-order valence-corrected chi connectivity index (χ4v) is 1.95. The van der Waals surface area contributed by atoms with Crippen LogP contribution in [0.3, 0.4) is 0 Å². The van der Waals surface area contributed by atoms with Gasteiger partial charge in [0.2, 0.25) is 0 Å². The second kappa shape index (κ2) is 5.12. The summed E-state index contributed by atoms with van der Waals surface area (Å²) in [6.45, 7) is 5.64. The number of carboxylic acids is 1. The van der Waals surface area contributed by atoms with Gasteiger partial charge in [0.25, 0.3) is 0 Å². The molecule has 0 aliphatic rings. The summed E-state index contributed by atoms with van der Waals surface area (Å²) in [7, 11) is 0. The average molecular weight is 222 g/mol. The minimum atomic E-state index is -0.950. The zero-order valence-electron chi connectivity index (χ0n) is 9.90. The number of rotatable bonds is 4. The van der Waals surface area contributed by atoms with Crippen LogP contribution in [0.5, 0.6) is 0 Å². The fraction of sp³-hybridized carbons (Fsp3) is 0.462. The maximum absolute atomic E-state index is 11.0. The van der Waals surface area contributed by atoms with Gasteiger partial charge in [-0.15, -0.1) is 0 Å². The lowest BCUT2D eigenvalue weighted by molar-refractivity contribution is -0.146. The topological polar surface area (TPSA) is 57.5 Å². The first-order valence-corrected chi connectivity index (χ1v) is 5.44. The summed E-state index contributed by atoms with van der Waals surface area (Å²) in [5, 5.41) is 19.0. The van der Waals surface area contributed by atoms with Crippen molar-refractivity contribution in [1.29, 1.82) is 0 Å². The molecule has 88 valence electrons. The van der Waals surface area contributed by atoms with E-state index in [1.54, 1.807) is 6.92 Å². The molecule has 16 heavy (non-hydrogen) atoms. The van der Waals surface area contributed by atoms with Crippen molar-refractivity contribution < 1.29 is 15.0 Å². The molecule has 0 aliphatic heterocycles. The molecule has 0 amide bonds. The largest absolute Gasteiger partial charge is 0.481 e. The third-order valence-electron chi connectivity index (χ3n) is 2.72. The smallest absolute Gasteiger partial charge is 0.309 e. The molecule has 0 aromatic heterocycles. The maximum Gasteiger partial charge on any atom is 0.309 e.